The van der Waals surface area contributed by atoms with E-state index >= 15 is 0 Å². The van der Waals surface area contributed by atoms with Crippen molar-refractivity contribution >= 4 is 45.9 Å². The van der Waals surface area contributed by atoms with Gasteiger partial charge in [-0.25, -0.2) is 9.59 Å². The van der Waals surface area contributed by atoms with Gasteiger partial charge in [0.15, 0.2) is 0 Å². The Morgan fingerprint density at radius 3 is 2.32 bits per heavy atom. The highest BCUT2D eigenvalue weighted by molar-refractivity contribution is 7.19. The molecule has 13 nitrogen and oxygen atoms in total. The van der Waals surface area contributed by atoms with Gasteiger partial charge in [0, 0.05) is 43.5 Å². The number of piperazine rings is 1. The zero-order chi connectivity index (χ0) is 29.9. The number of benzene rings is 1. The van der Waals surface area contributed by atoms with Crippen LogP contribution in [0.25, 0.3) is 15.5 Å². The Morgan fingerprint density at radius 1 is 0.976 bits per heavy atom. The van der Waals surface area contributed by atoms with E-state index in [2.05, 4.69) is 15.6 Å². The van der Waals surface area contributed by atoms with E-state index in [9.17, 15) is 19.2 Å². The molecule has 3 amide bonds. The maximum atomic E-state index is 12.5. The number of nitrogens with one attached hydrogen (secondary N) is 2. The smallest absolute Gasteiger partial charge is 0.410 e. The number of rotatable bonds is 5. The Balaban J connectivity index is 1.46. The van der Waals surface area contributed by atoms with Gasteiger partial charge in [-0.3, -0.25) is 9.59 Å². The third-order valence-corrected chi connectivity index (χ3v) is 6.63. The maximum Gasteiger partial charge on any atom is 0.410 e. The lowest BCUT2D eigenvalue weighted by atomic mass is 10.2. The van der Waals surface area contributed by atoms with Gasteiger partial charge in [0.25, 0.3) is 5.56 Å². The summed E-state index contributed by atoms with van der Waals surface area (Å²) in [6, 6.07) is 8.52. The molecule has 1 fully saturated rings. The number of carbonyl (C=O) groups excluding carboxylic acids is 3. The molecule has 1 aliphatic heterocycles. The molecule has 1 aliphatic rings. The Morgan fingerprint density at radius 2 is 1.66 bits per heavy atom. The van der Waals surface area contributed by atoms with Crippen LogP contribution in [-0.4, -0.2) is 81.5 Å². The predicted octanol–water partition coefficient (Wildman–Crippen LogP) is 3.34. The van der Waals surface area contributed by atoms with E-state index in [0.717, 1.165) is 0 Å². The summed E-state index contributed by atoms with van der Waals surface area (Å²) < 4.78 is 12.2. The molecule has 0 radical (unpaired) electrons. The van der Waals surface area contributed by atoms with E-state index in [0.29, 0.717) is 53.2 Å². The molecule has 2 N–H and O–H groups in total. The minimum atomic E-state index is -0.680. The van der Waals surface area contributed by atoms with Crippen LogP contribution in [0.5, 0.6) is 0 Å². The lowest BCUT2D eigenvalue weighted by Crippen LogP contribution is -2.50. The highest BCUT2D eigenvalue weighted by Gasteiger charge is 2.27. The molecule has 3 heterocycles. The average Bonchev–Trinajstić information content (AvgIpc) is 3.29. The summed E-state index contributed by atoms with van der Waals surface area (Å²) in [4.78, 5) is 57.3. The molecule has 0 spiro atoms. The molecule has 0 bridgehead atoms. The Labute approximate surface area is 241 Å². The highest BCUT2D eigenvalue weighted by atomic mass is 32.1. The van der Waals surface area contributed by atoms with Crippen LogP contribution in [-0.2, 0) is 14.3 Å². The van der Waals surface area contributed by atoms with Gasteiger partial charge >= 0.3 is 12.2 Å². The standard InChI is InChI=1S/C27H35N7O6S/c1-26(2,3)39-24(37)28-16-20(36)29-18-9-7-8-17(14-18)22-31-34-21(15-19(35)30-23(34)41-22)32-10-12-33(13-11-32)25(38)40-27(4,5)6/h7-9,14-15H,10-13,16H2,1-6H3,(H,28,37)(H,29,36). The summed E-state index contributed by atoms with van der Waals surface area (Å²) in [5.74, 6) is 0.168. The van der Waals surface area contributed by atoms with E-state index in [-0.39, 0.29) is 18.2 Å². The number of anilines is 2. The number of alkyl carbamates (subject to hydrolysis) is 1. The Hall–Kier alpha value is -4.20. The first kappa shape index (κ1) is 29.8. The minimum Gasteiger partial charge on any atom is -0.444 e. The number of amides is 3. The number of hydrogen-bond donors (Lipinski definition) is 2. The van der Waals surface area contributed by atoms with Gasteiger partial charge in [0.05, 0.1) is 0 Å². The summed E-state index contributed by atoms with van der Waals surface area (Å²) in [7, 11) is 0. The van der Waals surface area contributed by atoms with Crippen molar-refractivity contribution in [2.75, 3.05) is 42.9 Å². The van der Waals surface area contributed by atoms with Gasteiger partial charge in [0.1, 0.15) is 28.6 Å². The number of carbonyl (C=O) groups is 3. The van der Waals surface area contributed by atoms with Crippen molar-refractivity contribution in [2.45, 2.75) is 52.7 Å². The SMILES string of the molecule is CC(C)(C)OC(=O)NCC(=O)Nc1cccc(-c2nn3c(N4CCN(C(=O)OC(C)(C)C)CC4)cc(=O)nc3s2)c1. The van der Waals surface area contributed by atoms with Crippen LogP contribution in [0.2, 0.25) is 0 Å². The molecule has 41 heavy (non-hydrogen) atoms. The lowest BCUT2D eigenvalue weighted by Gasteiger charge is -2.36. The van der Waals surface area contributed by atoms with Crippen LogP contribution < -0.4 is 21.1 Å². The summed E-state index contributed by atoms with van der Waals surface area (Å²) >= 11 is 1.24. The Kier molecular flexibility index (Phi) is 8.52. The van der Waals surface area contributed by atoms with Crippen molar-refractivity contribution in [3.05, 3.63) is 40.7 Å². The second kappa shape index (κ2) is 11.7. The van der Waals surface area contributed by atoms with Gasteiger partial charge in [-0.15, -0.1) is 0 Å². The molecule has 1 aromatic carbocycles. The van der Waals surface area contributed by atoms with E-state index in [4.69, 9.17) is 14.6 Å². The first-order valence-corrected chi connectivity index (χ1v) is 14.0. The van der Waals surface area contributed by atoms with Crippen LogP contribution in [0.1, 0.15) is 41.5 Å². The average molecular weight is 586 g/mol. The zero-order valence-electron chi connectivity index (χ0n) is 24.0. The van der Waals surface area contributed by atoms with Crippen molar-refractivity contribution in [1.29, 1.82) is 0 Å². The molecule has 1 saturated heterocycles. The number of hydrogen-bond acceptors (Lipinski definition) is 10. The van der Waals surface area contributed by atoms with E-state index in [1.165, 1.54) is 17.4 Å². The maximum absolute atomic E-state index is 12.5. The molecule has 220 valence electrons. The second-order valence-corrected chi connectivity index (χ2v) is 12.4. The first-order chi connectivity index (χ1) is 19.2. The molecule has 0 atom stereocenters. The van der Waals surface area contributed by atoms with Gasteiger partial charge < -0.3 is 29.9 Å². The zero-order valence-corrected chi connectivity index (χ0v) is 24.8. The van der Waals surface area contributed by atoms with Crippen LogP contribution in [0.3, 0.4) is 0 Å². The second-order valence-electron chi connectivity index (χ2n) is 11.5. The van der Waals surface area contributed by atoms with E-state index in [1.807, 2.05) is 31.7 Å². The minimum absolute atomic E-state index is 0.253. The van der Waals surface area contributed by atoms with Gasteiger partial charge in [0.2, 0.25) is 10.9 Å². The summed E-state index contributed by atoms with van der Waals surface area (Å²) in [5.41, 5.74) is -0.402. The van der Waals surface area contributed by atoms with Crippen LogP contribution in [0, 0.1) is 0 Å². The molecular weight excluding hydrogens is 550 g/mol. The van der Waals surface area contributed by atoms with E-state index < -0.39 is 23.2 Å². The van der Waals surface area contributed by atoms with E-state index in [1.54, 1.807) is 48.4 Å². The molecule has 14 heteroatoms. The molecule has 2 aromatic heterocycles. The molecule has 0 aliphatic carbocycles. The molecule has 0 unspecified atom stereocenters. The first-order valence-electron chi connectivity index (χ1n) is 13.2. The molecule has 0 saturated carbocycles. The number of ether oxygens (including phenoxy) is 2. The fourth-order valence-electron chi connectivity index (χ4n) is 3.99. The fraction of sp³-hybridized carbons (Fsp3) is 0.481. The topological polar surface area (TPSA) is 147 Å². The Bertz CT molecular complexity index is 1500. The van der Waals surface area contributed by atoms with Gasteiger partial charge in [-0.2, -0.15) is 14.6 Å². The molecular formula is C27H35N7O6S. The number of nitrogens with zero attached hydrogens (tertiary/aromatic N) is 5. The van der Waals surface area contributed by atoms with Crippen molar-refractivity contribution in [3.8, 4) is 10.6 Å². The third kappa shape index (κ3) is 8.16. The number of aromatic nitrogens is 3. The summed E-state index contributed by atoms with van der Waals surface area (Å²) in [6.45, 7) is 12.3. The normalized spacial score (nSPS) is 14.1. The molecule has 3 aromatic rings. The fourth-order valence-corrected chi connectivity index (χ4v) is 4.89. The number of fused-ring (bicyclic) bond motifs is 1. The largest absolute Gasteiger partial charge is 0.444 e. The van der Waals surface area contributed by atoms with Crippen molar-refractivity contribution < 1.29 is 23.9 Å². The van der Waals surface area contributed by atoms with Crippen molar-refractivity contribution in [2.24, 2.45) is 0 Å². The van der Waals surface area contributed by atoms with Gasteiger partial charge in [-0.1, -0.05) is 23.5 Å². The third-order valence-electron chi connectivity index (χ3n) is 5.68. The van der Waals surface area contributed by atoms with Crippen LogP contribution >= 0.6 is 11.3 Å². The van der Waals surface area contributed by atoms with Gasteiger partial charge in [-0.05, 0) is 53.7 Å². The highest BCUT2D eigenvalue weighted by Crippen LogP contribution is 2.29. The van der Waals surface area contributed by atoms with Crippen molar-refractivity contribution in [1.82, 2.24) is 24.8 Å². The van der Waals surface area contributed by atoms with Crippen LogP contribution in [0.4, 0.5) is 21.1 Å². The lowest BCUT2D eigenvalue weighted by molar-refractivity contribution is -0.115. The summed E-state index contributed by atoms with van der Waals surface area (Å²) in [6.07, 6.45) is -1.04. The quantitative estimate of drug-likeness (QED) is 0.460. The van der Waals surface area contributed by atoms with Crippen molar-refractivity contribution in [3.63, 3.8) is 0 Å². The van der Waals surface area contributed by atoms with Crippen LogP contribution in [0.15, 0.2) is 35.1 Å². The predicted molar refractivity (Wildman–Crippen MR) is 155 cm³/mol. The molecule has 4 rings (SSSR count). The monoisotopic (exact) mass is 585 g/mol. The summed E-state index contributed by atoms with van der Waals surface area (Å²) in [5, 5.41) is 10.5.